The quantitative estimate of drug-likeness (QED) is 0.725. The highest BCUT2D eigenvalue weighted by molar-refractivity contribution is 5.83. The Labute approximate surface area is 114 Å². The summed E-state index contributed by atoms with van der Waals surface area (Å²) in [6, 6.07) is 13.7. The zero-order valence-electron chi connectivity index (χ0n) is 10.8. The maximum atomic E-state index is 12.0. The van der Waals surface area contributed by atoms with E-state index in [0.29, 0.717) is 22.5 Å². The number of hydrogen-bond donors (Lipinski definition) is 1. The normalized spacial score (nSPS) is 10.7. The molecule has 0 aliphatic heterocycles. The molecule has 100 valence electrons. The smallest absolute Gasteiger partial charge is 0.344 e. The van der Waals surface area contributed by atoms with E-state index >= 15 is 0 Å². The van der Waals surface area contributed by atoms with Crippen molar-refractivity contribution in [3.05, 3.63) is 59.0 Å². The first-order valence-corrected chi connectivity index (χ1v) is 6.09. The first-order valence-electron chi connectivity index (χ1n) is 6.09. The minimum atomic E-state index is -0.482. The summed E-state index contributed by atoms with van der Waals surface area (Å²) >= 11 is 0. The lowest BCUT2D eigenvalue weighted by Crippen LogP contribution is -2.02. The third-order valence-corrected chi connectivity index (χ3v) is 3.14. The van der Waals surface area contributed by atoms with Gasteiger partial charge in [0, 0.05) is 17.0 Å². The van der Waals surface area contributed by atoms with E-state index < -0.39 is 5.63 Å². The standard InChI is InChI=1S/C16H12O4/c1-19-11-6-7-12(14(17)9-11)13-8-10-4-2-3-5-15(10)20-16(13)18/h2-9,17H,1H3. The summed E-state index contributed by atoms with van der Waals surface area (Å²) in [5, 5.41) is 10.8. The van der Waals surface area contributed by atoms with Gasteiger partial charge in [0.2, 0.25) is 0 Å². The van der Waals surface area contributed by atoms with Crippen molar-refractivity contribution in [2.75, 3.05) is 7.11 Å². The van der Waals surface area contributed by atoms with Crippen LogP contribution in [-0.4, -0.2) is 12.2 Å². The van der Waals surface area contributed by atoms with Crippen molar-refractivity contribution in [2.24, 2.45) is 0 Å². The summed E-state index contributed by atoms with van der Waals surface area (Å²) in [7, 11) is 1.51. The summed E-state index contributed by atoms with van der Waals surface area (Å²) in [4.78, 5) is 12.0. The molecule has 0 atom stereocenters. The van der Waals surface area contributed by atoms with Gasteiger partial charge in [0.15, 0.2) is 0 Å². The third-order valence-electron chi connectivity index (χ3n) is 3.14. The minimum Gasteiger partial charge on any atom is -0.507 e. The SMILES string of the molecule is COc1ccc(-c2cc3ccccc3oc2=O)c(O)c1. The molecule has 1 heterocycles. The van der Waals surface area contributed by atoms with E-state index in [2.05, 4.69) is 0 Å². The molecule has 20 heavy (non-hydrogen) atoms. The molecule has 4 nitrogen and oxygen atoms in total. The van der Waals surface area contributed by atoms with Gasteiger partial charge in [-0.25, -0.2) is 4.79 Å². The number of fused-ring (bicyclic) bond motifs is 1. The second-order valence-corrected chi connectivity index (χ2v) is 4.37. The number of hydrogen-bond acceptors (Lipinski definition) is 4. The Bertz CT molecular complexity index is 833. The van der Waals surface area contributed by atoms with Crippen LogP contribution in [0.3, 0.4) is 0 Å². The number of benzene rings is 2. The topological polar surface area (TPSA) is 59.7 Å². The molecule has 0 radical (unpaired) electrons. The Hall–Kier alpha value is -2.75. The van der Waals surface area contributed by atoms with Crippen molar-refractivity contribution >= 4 is 11.0 Å². The molecule has 0 saturated heterocycles. The number of rotatable bonds is 2. The fourth-order valence-electron chi connectivity index (χ4n) is 2.12. The first-order chi connectivity index (χ1) is 9.69. The van der Waals surface area contributed by atoms with Gasteiger partial charge in [-0.2, -0.15) is 0 Å². The van der Waals surface area contributed by atoms with Crippen LogP contribution in [0.2, 0.25) is 0 Å². The van der Waals surface area contributed by atoms with Crippen molar-refractivity contribution in [2.45, 2.75) is 0 Å². The molecule has 0 bridgehead atoms. The molecule has 1 aromatic heterocycles. The van der Waals surface area contributed by atoms with Gasteiger partial charge in [0.1, 0.15) is 17.1 Å². The Morgan fingerprint density at radius 2 is 1.85 bits per heavy atom. The van der Waals surface area contributed by atoms with Crippen LogP contribution >= 0.6 is 0 Å². The van der Waals surface area contributed by atoms with Gasteiger partial charge in [0.25, 0.3) is 0 Å². The van der Waals surface area contributed by atoms with Crippen molar-refractivity contribution in [3.8, 4) is 22.6 Å². The van der Waals surface area contributed by atoms with Crippen LogP contribution in [0.15, 0.2) is 57.7 Å². The fraction of sp³-hybridized carbons (Fsp3) is 0.0625. The number of phenols is 1. The van der Waals surface area contributed by atoms with Crippen molar-refractivity contribution in [3.63, 3.8) is 0 Å². The van der Waals surface area contributed by atoms with E-state index in [-0.39, 0.29) is 5.75 Å². The Balaban J connectivity index is 2.24. The molecule has 0 unspecified atom stereocenters. The van der Waals surface area contributed by atoms with Crippen LogP contribution in [-0.2, 0) is 0 Å². The van der Waals surface area contributed by atoms with Crippen molar-refractivity contribution < 1.29 is 14.3 Å². The van der Waals surface area contributed by atoms with Crippen LogP contribution in [0.25, 0.3) is 22.1 Å². The van der Waals surface area contributed by atoms with Crippen molar-refractivity contribution in [1.82, 2.24) is 0 Å². The van der Waals surface area contributed by atoms with E-state index in [1.165, 1.54) is 13.2 Å². The summed E-state index contributed by atoms with van der Waals surface area (Å²) in [6.45, 7) is 0. The minimum absolute atomic E-state index is 0.0214. The molecule has 3 aromatic rings. The van der Waals surface area contributed by atoms with Crippen LogP contribution in [0.5, 0.6) is 11.5 Å². The summed E-state index contributed by atoms with van der Waals surface area (Å²) in [5.74, 6) is 0.503. The second-order valence-electron chi connectivity index (χ2n) is 4.37. The number of aromatic hydroxyl groups is 1. The van der Waals surface area contributed by atoms with E-state index in [0.717, 1.165) is 5.39 Å². The van der Waals surface area contributed by atoms with Crippen molar-refractivity contribution in [1.29, 1.82) is 0 Å². The lowest BCUT2D eigenvalue weighted by atomic mass is 10.0. The van der Waals surface area contributed by atoms with Gasteiger partial charge < -0.3 is 14.3 Å². The molecular weight excluding hydrogens is 256 g/mol. The predicted molar refractivity (Wildman–Crippen MR) is 76.1 cm³/mol. The molecule has 0 spiro atoms. The maximum absolute atomic E-state index is 12.0. The molecular formula is C16H12O4. The Kier molecular flexibility index (Phi) is 2.91. The lowest BCUT2D eigenvalue weighted by molar-refractivity contribution is 0.408. The van der Waals surface area contributed by atoms with Crippen LogP contribution in [0.1, 0.15) is 0 Å². The van der Waals surface area contributed by atoms with E-state index in [4.69, 9.17) is 9.15 Å². The van der Waals surface area contributed by atoms with E-state index in [9.17, 15) is 9.90 Å². The summed E-state index contributed by atoms with van der Waals surface area (Å²) in [6.07, 6.45) is 0. The Morgan fingerprint density at radius 3 is 2.60 bits per heavy atom. The molecule has 1 N–H and O–H groups in total. The Morgan fingerprint density at radius 1 is 1.05 bits per heavy atom. The average molecular weight is 268 g/mol. The molecule has 3 rings (SSSR count). The number of para-hydroxylation sites is 1. The summed E-state index contributed by atoms with van der Waals surface area (Å²) in [5.41, 5.74) is 0.785. The average Bonchev–Trinajstić information content (AvgIpc) is 2.46. The highest BCUT2D eigenvalue weighted by Crippen LogP contribution is 2.31. The van der Waals surface area contributed by atoms with Gasteiger partial charge in [-0.05, 0) is 24.3 Å². The number of ether oxygens (including phenoxy) is 1. The first kappa shape index (κ1) is 12.3. The predicted octanol–water partition coefficient (Wildman–Crippen LogP) is 3.17. The fourth-order valence-corrected chi connectivity index (χ4v) is 2.12. The van der Waals surface area contributed by atoms with Gasteiger partial charge in [-0.3, -0.25) is 0 Å². The third kappa shape index (κ3) is 2.01. The van der Waals surface area contributed by atoms with Crippen LogP contribution < -0.4 is 10.4 Å². The zero-order valence-corrected chi connectivity index (χ0v) is 10.8. The van der Waals surface area contributed by atoms with Gasteiger partial charge in [-0.15, -0.1) is 0 Å². The summed E-state index contributed by atoms with van der Waals surface area (Å²) < 4.78 is 10.3. The monoisotopic (exact) mass is 268 g/mol. The highest BCUT2D eigenvalue weighted by Gasteiger charge is 2.12. The van der Waals surface area contributed by atoms with Crippen LogP contribution in [0, 0.1) is 0 Å². The van der Waals surface area contributed by atoms with E-state index in [1.54, 1.807) is 30.3 Å². The molecule has 0 amide bonds. The molecule has 0 aliphatic rings. The molecule has 0 saturated carbocycles. The number of methoxy groups -OCH3 is 1. The molecule has 4 heteroatoms. The zero-order chi connectivity index (χ0) is 14.1. The highest BCUT2D eigenvalue weighted by atomic mass is 16.5. The largest absolute Gasteiger partial charge is 0.507 e. The van der Waals surface area contributed by atoms with Gasteiger partial charge >= 0.3 is 5.63 Å². The second kappa shape index (κ2) is 4.74. The maximum Gasteiger partial charge on any atom is 0.344 e. The molecule has 0 aliphatic carbocycles. The molecule has 2 aromatic carbocycles. The molecule has 0 fully saturated rings. The number of phenolic OH excluding ortho intramolecular Hbond substituents is 1. The van der Waals surface area contributed by atoms with E-state index in [1.807, 2.05) is 12.1 Å². The van der Waals surface area contributed by atoms with Crippen LogP contribution in [0.4, 0.5) is 0 Å². The lowest BCUT2D eigenvalue weighted by Gasteiger charge is -2.06. The van der Waals surface area contributed by atoms with Gasteiger partial charge in [0.05, 0.1) is 12.7 Å². The van der Waals surface area contributed by atoms with Gasteiger partial charge in [-0.1, -0.05) is 18.2 Å².